The van der Waals surface area contributed by atoms with Gasteiger partial charge in [-0.15, -0.1) is 10.2 Å². The van der Waals surface area contributed by atoms with Gasteiger partial charge < -0.3 is 9.84 Å². The lowest BCUT2D eigenvalue weighted by molar-refractivity contribution is -0.0396. The van der Waals surface area contributed by atoms with Gasteiger partial charge in [0, 0.05) is 25.2 Å². The van der Waals surface area contributed by atoms with E-state index in [-0.39, 0.29) is 18.1 Å². The number of amides is 1. The van der Waals surface area contributed by atoms with E-state index in [1.54, 1.807) is 6.07 Å². The van der Waals surface area contributed by atoms with Gasteiger partial charge in [0.15, 0.2) is 0 Å². The van der Waals surface area contributed by atoms with Crippen molar-refractivity contribution >= 4 is 22.4 Å². The van der Waals surface area contributed by atoms with Gasteiger partial charge in [0.1, 0.15) is 5.01 Å². The molecule has 1 aliphatic rings. The highest BCUT2D eigenvalue weighted by molar-refractivity contribution is 7.15. The van der Waals surface area contributed by atoms with Crippen LogP contribution in [-0.4, -0.2) is 57.5 Å². The zero-order valence-corrected chi connectivity index (χ0v) is 16.0. The maximum absolute atomic E-state index is 12.4. The first kappa shape index (κ1) is 18.9. The molecular weight excluding hydrogens is 352 g/mol. The van der Waals surface area contributed by atoms with Crippen LogP contribution in [0.2, 0.25) is 0 Å². The Hall–Kier alpha value is -1.87. The first-order valence-corrected chi connectivity index (χ1v) is 9.48. The number of benzene rings is 1. The SMILES string of the molecule is Cc1nnc(NC(=O)c2cccc(CN3C[C@@H](O)[C@H](OC(C)C)C3)c2)s1. The maximum atomic E-state index is 12.4. The number of aryl methyl sites for hydroxylation is 1. The zero-order chi connectivity index (χ0) is 18.7. The first-order valence-electron chi connectivity index (χ1n) is 8.67. The van der Waals surface area contributed by atoms with E-state index in [1.807, 2.05) is 39.0 Å². The van der Waals surface area contributed by atoms with Crippen molar-refractivity contribution < 1.29 is 14.6 Å². The van der Waals surface area contributed by atoms with Crippen LogP contribution in [0.4, 0.5) is 5.13 Å². The highest BCUT2D eigenvalue weighted by Crippen LogP contribution is 2.19. The number of aliphatic hydroxyl groups is 1. The molecule has 140 valence electrons. The number of hydrogen-bond acceptors (Lipinski definition) is 7. The molecule has 2 N–H and O–H groups in total. The summed E-state index contributed by atoms with van der Waals surface area (Å²) in [6.45, 7) is 7.69. The van der Waals surface area contributed by atoms with Gasteiger partial charge >= 0.3 is 0 Å². The fraction of sp³-hybridized carbons (Fsp3) is 0.500. The van der Waals surface area contributed by atoms with Crippen LogP contribution in [0, 0.1) is 6.92 Å². The first-order chi connectivity index (χ1) is 12.4. The molecule has 8 heteroatoms. The van der Waals surface area contributed by atoms with Crippen LogP contribution in [0.1, 0.15) is 34.8 Å². The van der Waals surface area contributed by atoms with E-state index in [2.05, 4.69) is 20.4 Å². The summed E-state index contributed by atoms with van der Waals surface area (Å²) in [6.07, 6.45) is -0.558. The minimum absolute atomic E-state index is 0.0885. The van der Waals surface area contributed by atoms with Crippen LogP contribution in [0.15, 0.2) is 24.3 Å². The van der Waals surface area contributed by atoms with Crippen molar-refractivity contribution in [3.8, 4) is 0 Å². The number of ether oxygens (including phenoxy) is 1. The van der Waals surface area contributed by atoms with Crippen molar-refractivity contribution in [3.63, 3.8) is 0 Å². The predicted octanol–water partition coefficient (Wildman–Crippen LogP) is 2.07. The van der Waals surface area contributed by atoms with Gasteiger partial charge in [-0.1, -0.05) is 23.5 Å². The molecule has 1 aromatic heterocycles. The molecule has 0 spiro atoms. The van der Waals surface area contributed by atoms with E-state index in [1.165, 1.54) is 11.3 Å². The van der Waals surface area contributed by atoms with Gasteiger partial charge in [-0.3, -0.25) is 15.0 Å². The van der Waals surface area contributed by atoms with Crippen LogP contribution in [0.3, 0.4) is 0 Å². The summed E-state index contributed by atoms with van der Waals surface area (Å²) in [5.41, 5.74) is 1.59. The number of aliphatic hydroxyl groups excluding tert-OH is 1. The van der Waals surface area contributed by atoms with E-state index in [9.17, 15) is 9.90 Å². The van der Waals surface area contributed by atoms with Crippen LogP contribution in [0.5, 0.6) is 0 Å². The maximum Gasteiger partial charge on any atom is 0.257 e. The van der Waals surface area contributed by atoms with E-state index in [0.29, 0.717) is 30.3 Å². The third kappa shape index (κ3) is 4.85. The number of aromatic nitrogens is 2. The Morgan fingerprint density at radius 1 is 1.42 bits per heavy atom. The van der Waals surface area contributed by atoms with Gasteiger partial charge in [-0.2, -0.15) is 0 Å². The number of nitrogens with zero attached hydrogens (tertiary/aromatic N) is 3. The second kappa shape index (κ2) is 8.22. The fourth-order valence-corrected chi connectivity index (χ4v) is 3.62. The molecule has 7 nitrogen and oxygen atoms in total. The molecule has 0 saturated carbocycles. The number of nitrogens with one attached hydrogen (secondary N) is 1. The zero-order valence-electron chi connectivity index (χ0n) is 15.2. The summed E-state index contributed by atoms with van der Waals surface area (Å²) in [7, 11) is 0. The molecule has 0 unspecified atom stereocenters. The van der Waals surface area contributed by atoms with Crippen LogP contribution >= 0.6 is 11.3 Å². The molecule has 3 rings (SSSR count). The summed E-state index contributed by atoms with van der Waals surface area (Å²) in [6, 6.07) is 7.49. The third-order valence-corrected chi connectivity index (χ3v) is 4.86. The number of β-amino-alcohol motifs (C(OH)–C–C–N with tert-alkyl or cyclic N) is 1. The molecule has 0 bridgehead atoms. The van der Waals surface area contributed by atoms with Crippen molar-refractivity contribution in [3.05, 3.63) is 40.4 Å². The Labute approximate surface area is 157 Å². The van der Waals surface area contributed by atoms with E-state index in [4.69, 9.17) is 4.74 Å². The Morgan fingerprint density at radius 2 is 2.23 bits per heavy atom. The average Bonchev–Trinajstić information content (AvgIpc) is 3.13. The smallest absolute Gasteiger partial charge is 0.257 e. The quantitative estimate of drug-likeness (QED) is 0.802. The molecule has 2 heterocycles. The molecule has 1 saturated heterocycles. The van der Waals surface area contributed by atoms with Crippen molar-refractivity contribution in [1.82, 2.24) is 15.1 Å². The minimum Gasteiger partial charge on any atom is -0.389 e. The van der Waals surface area contributed by atoms with Crippen molar-refractivity contribution in [2.75, 3.05) is 18.4 Å². The van der Waals surface area contributed by atoms with Crippen molar-refractivity contribution in [1.29, 1.82) is 0 Å². The molecular formula is C18H24N4O3S. The predicted molar refractivity (Wildman–Crippen MR) is 100 cm³/mol. The molecule has 26 heavy (non-hydrogen) atoms. The summed E-state index contributed by atoms with van der Waals surface area (Å²) in [5, 5.41) is 22.0. The summed E-state index contributed by atoms with van der Waals surface area (Å²) < 4.78 is 5.75. The summed E-state index contributed by atoms with van der Waals surface area (Å²) in [4.78, 5) is 14.5. The average molecular weight is 376 g/mol. The van der Waals surface area contributed by atoms with Crippen molar-refractivity contribution in [2.24, 2.45) is 0 Å². The Morgan fingerprint density at radius 3 is 2.92 bits per heavy atom. The summed E-state index contributed by atoms with van der Waals surface area (Å²) >= 11 is 1.34. The molecule has 2 atom stereocenters. The normalized spacial score (nSPS) is 20.7. The number of carbonyl (C=O) groups is 1. The molecule has 1 fully saturated rings. The van der Waals surface area contributed by atoms with Crippen molar-refractivity contribution in [2.45, 2.75) is 45.6 Å². The number of anilines is 1. The minimum atomic E-state index is -0.482. The van der Waals surface area contributed by atoms with E-state index < -0.39 is 6.10 Å². The van der Waals surface area contributed by atoms with Gasteiger partial charge in [0.2, 0.25) is 5.13 Å². The lowest BCUT2D eigenvalue weighted by Gasteiger charge is -2.18. The highest BCUT2D eigenvalue weighted by Gasteiger charge is 2.32. The lowest BCUT2D eigenvalue weighted by atomic mass is 10.1. The highest BCUT2D eigenvalue weighted by atomic mass is 32.1. The topological polar surface area (TPSA) is 87.6 Å². The number of rotatable bonds is 6. The van der Waals surface area contributed by atoms with Crippen LogP contribution in [0.25, 0.3) is 0 Å². The van der Waals surface area contributed by atoms with E-state index in [0.717, 1.165) is 10.6 Å². The van der Waals surface area contributed by atoms with Gasteiger partial charge in [-0.05, 0) is 38.5 Å². The second-order valence-corrected chi connectivity index (χ2v) is 7.95. The van der Waals surface area contributed by atoms with Crippen LogP contribution < -0.4 is 5.32 Å². The third-order valence-electron chi connectivity index (χ3n) is 4.10. The van der Waals surface area contributed by atoms with E-state index >= 15 is 0 Å². The Kier molecular flexibility index (Phi) is 5.98. The second-order valence-electron chi connectivity index (χ2n) is 6.77. The summed E-state index contributed by atoms with van der Waals surface area (Å²) in [5.74, 6) is -0.203. The molecule has 1 aliphatic heterocycles. The molecule has 2 aromatic rings. The molecule has 1 amide bonds. The fourth-order valence-electron chi connectivity index (χ4n) is 3.03. The Balaban J connectivity index is 1.61. The van der Waals surface area contributed by atoms with Gasteiger partial charge in [-0.25, -0.2) is 0 Å². The molecule has 0 radical (unpaired) electrons. The lowest BCUT2D eigenvalue weighted by Crippen LogP contribution is -2.29. The van der Waals surface area contributed by atoms with Gasteiger partial charge in [0.25, 0.3) is 5.91 Å². The number of carbonyl (C=O) groups excluding carboxylic acids is 1. The number of hydrogen-bond donors (Lipinski definition) is 2. The molecule has 1 aromatic carbocycles. The largest absolute Gasteiger partial charge is 0.389 e. The van der Waals surface area contributed by atoms with Gasteiger partial charge in [0.05, 0.1) is 18.3 Å². The van der Waals surface area contributed by atoms with Crippen LogP contribution in [-0.2, 0) is 11.3 Å². The standard InChI is InChI=1S/C18H24N4O3S/c1-11(2)25-16-10-22(9-15(16)23)8-13-5-4-6-14(7-13)17(24)19-18-21-20-12(3)26-18/h4-7,11,15-16,23H,8-10H2,1-3H3,(H,19,21,24)/t15-,16-/m1/s1. The number of likely N-dealkylation sites (tertiary alicyclic amines) is 1. The monoisotopic (exact) mass is 376 g/mol. The Bertz CT molecular complexity index is 764. The molecule has 0 aliphatic carbocycles.